The van der Waals surface area contributed by atoms with Gasteiger partial charge in [-0.1, -0.05) is 6.92 Å². The van der Waals surface area contributed by atoms with Gasteiger partial charge in [0.1, 0.15) is 4.21 Å². The summed E-state index contributed by atoms with van der Waals surface area (Å²) in [4.78, 5) is 1.07. The maximum Gasteiger partial charge on any atom is 0.250 e. The maximum absolute atomic E-state index is 11.8. The third-order valence-electron chi connectivity index (χ3n) is 2.14. The van der Waals surface area contributed by atoms with Gasteiger partial charge in [-0.2, -0.15) is 0 Å². The van der Waals surface area contributed by atoms with Crippen LogP contribution in [-0.4, -0.2) is 22.0 Å². The Morgan fingerprint density at radius 2 is 2.12 bits per heavy atom. The number of aryl methyl sites for hydroxylation is 1. The molecule has 0 aliphatic heterocycles. The van der Waals surface area contributed by atoms with Crippen LogP contribution < -0.4 is 10.0 Å². The van der Waals surface area contributed by atoms with Crippen molar-refractivity contribution in [3.8, 4) is 0 Å². The summed E-state index contributed by atoms with van der Waals surface area (Å²) < 4.78 is 26.7. The minimum Gasteiger partial charge on any atom is -0.315 e. The van der Waals surface area contributed by atoms with Gasteiger partial charge in [-0.25, -0.2) is 13.1 Å². The predicted octanol–water partition coefficient (Wildman–Crippen LogP) is 1.46. The number of nitrogens with one attached hydrogen (secondary N) is 2. The van der Waals surface area contributed by atoms with Crippen LogP contribution in [-0.2, 0) is 16.6 Å². The molecule has 2 N–H and O–H groups in total. The van der Waals surface area contributed by atoms with E-state index in [1.54, 1.807) is 6.07 Å². The first-order chi connectivity index (χ1) is 7.51. The van der Waals surface area contributed by atoms with Crippen LogP contribution in [0.4, 0.5) is 0 Å². The van der Waals surface area contributed by atoms with Gasteiger partial charge < -0.3 is 5.32 Å². The summed E-state index contributed by atoms with van der Waals surface area (Å²) in [5, 5.41) is 3.03. The van der Waals surface area contributed by atoms with Crippen LogP contribution in [0.2, 0.25) is 0 Å². The van der Waals surface area contributed by atoms with Crippen molar-refractivity contribution >= 4 is 21.4 Å². The zero-order valence-electron chi connectivity index (χ0n) is 9.83. The van der Waals surface area contributed by atoms with E-state index < -0.39 is 10.0 Å². The molecule has 0 spiro atoms. The van der Waals surface area contributed by atoms with Crippen molar-refractivity contribution in [2.45, 2.75) is 31.0 Å². The van der Waals surface area contributed by atoms with Crippen LogP contribution in [0.3, 0.4) is 0 Å². The van der Waals surface area contributed by atoms with Gasteiger partial charge in [0.2, 0.25) is 10.0 Å². The van der Waals surface area contributed by atoms with E-state index >= 15 is 0 Å². The molecule has 0 aromatic carbocycles. The van der Waals surface area contributed by atoms with Crippen LogP contribution in [0, 0.1) is 6.92 Å². The van der Waals surface area contributed by atoms with Crippen molar-refractivity contribution < 1.29 is 8.42 Å². The molecular weight excluding hydrogens is 244 g/mol. The number of sulfonamides is 1. The lowest BCUT2D eigenvalue weighted by Gasteiger charge is -2.01. The topological polar surface area (TPSA) is 58.2 Å². The van der Waals surface area contributed by atoms with E-state index in [1.165, 1.54) is 11.3 Å². The van der Waals surface area contributed by atoms with Gasteiger partial charge in [0, 0.05) is 18.0 Å². The van der Waals surface area contributed by atoms with Gasteiger partial charge in [0.15, 0.2) is 0 Å². The lowest BCUT2D eigenvalue weighted by Crippen LogP contribution is -2.23. The van der Waals surface area contributed by atoms with Crippen LogP contribution in [0.25, 0.3) is 0 Å². The Hall–Kier alpha value is -0.430. The van der Waals surface area contributed by atoms with Gasteiger partial charge in [-0.15, -0.1) is 11.3 Å². The minimum absolute atomic E-state index is 0.406. The monoisotopic (exact) mass is 262 g/mol. The molecule has 4 nitrogen and oxygen atoms in total. The summed E-state index contributed by atoms with van der Waals surface area (Å²) in [7, 11) is -1.45. The van der Waals surface area contributed by atoms with E-state index in [0.29, 0.717) is 17.3 Å². The van der Waals surface area contributed by atoms with Crippen LogP contribution in [0.15, 0.2) is 10.3 Å². The van der Waals surface area contributed by atoms with E-state index in [-0.39, 0.29) is 0 Å². The van der Waals surface area contributed by atoms with Crippen molar-refractivity contribution in [2.75, 3.05) is 13.6 Å². The second-order valence-electron chi connectivity index (χ2n) is 3.60. The Labute approximate surface area is 101 Å². The molecule has 0 radical (unpaired) electrons. The molecule has 0 aliphatic carbocycles. The quantitative estimate of drug-likeness (QED) is 0.816. The Morgan fingerprint density at radius 1 is 1.44 bits per heavy atom. The largest absolute Gasteiger partial charge is 0.315 e. The normalized spacial score (nSPS) is 11.9. The first kappa shape index (κ1) is 13.6. The highest BCUT2D eigenvalue weighted by molar-refractivity contribution is 7.91. The smallest absolute Gasteiger partial charge is 0.250 e. The van der Waals surface area contributed by atoms with Gasteiger partial charge >= 0.3 is 0 Å². The summed E-state index contributed by atoms with van der Waals surface area (Å²) in [6, 6.07) is 1.73. The number of rotatable bonds is 6. The minimum atomic E-state index is -3.30. The molecule has 0 aliphatic rings. The fourth-order valence-electron chi connectivity index (χ4n) is 1.26. The number of hydrogen-bond donors (Lipinski definition) is 2. The summed E-state index contributed by atoms with van der Waals surface area (Å²) in [6.45, 7) is 5.07. The second kappa shape index (κ2) is 5.77. The zero-order valence-corrected chi connectivity index (χ0v) is 11.5. The average molecular weight is 262 g/mol. The molecule has 6 heteroatoms. The molecule has 92 valence electrons. The van der Waals surface area contributed by atoms with Crippen LogP contribution >= 0.6 is 11.3 Å². The molecule has 1 aromatic heterocycles. The molecule has 1 aromatic rings. The van der Waals surface area contributed by atoms with Crippen molar-refractivity contribution in [3.63, 3.8) is 0 Å². The van der Waals surface area contributed by atoms with Gasteiger partial charge in [0.25, 0.3) is 0 Å². The molecule has 1 rings (SSSR count). The molecule has 0 amide bonds. The van der Waals surface area contributed by atoms with Crippen LogP contribution in [0.1, 0.15) is 23.8 Å². The second-order valence-corrected chi connectivity index (χ2v) is 6.73. The van der Waals surface area contributed by atoms with Crippen molar-refractivity contribution in [2.24, 2.45) is 0 Å². The van der Waals surface area contributed by atoms with Gasteiger partial charge in [0.05, 0.1) is 0 Å². The highest BCUT2D eigenvalue weighted by Gasteiger charge is 2.17. The van der Waals surface area contributed by atoms with Crippen molar-refractivity contribution in [3.05, 3.63) is 16.5 Å². The predicted molar refractivity (Wildman–Crippen MR) is 67.3 cm³/mol. The highest BCUT2D eigenvalue weighted by atomic mass is 32.2. The molecule has 0 saturated carbocycles. The lowest BCUT2D eigenvalue weighted by atomic mass is 10.3. The van der Waals surface area contributed by atoms with E-state index in [4.69, 9.17) is 0 Å². The van der Waals surface area contributed by atoms with E-state index in [1.807, 2.05) is 20.9 Å². The fraction of sp³-hybridized carbons (Fsp3) is 0.600. The van der Waals surface area contributed by atoms with Crippen molar-refractivity contribution in [1.82, 2.24) is 10.0 Å². The van der Waals surface area contributed by atoms with Gasteiger partial charge in [-0.05, 0) is 32.0 Å². The zero-order chi connectivity index (χ0) is 12.2. The summed E-state index contributed by atoms with van der Waals surface area (Å²) in [5.74, 6) is 0. The Kier molecular flexibility index (Phi) is 4.91. The summed E-state index contributed by atoms with van der Waals surface area (Å²) >= 11 is 1.33. The molecular formula is C10H18N2O2S2. The first-order valence-corrected chi connectivity index (χ1v) is 7.54. The highest BCUT2D eigenvalue weighted by Crippen LogP contribution is 2.25. The summed E-state index contributed by atoms with van der Waals surface area (Å²) in [5.41, 5.74) is 1.02. The molecule has 0 atom stereocenters. The third-order valence-corrected chi connectivity index (χ3v) is 5.31. The van der Waals surface area contributed by atoms with E-state index in [0.717, 1.165) is 16.9 Å². The summed E-state index contributed by atoms with van der Waals surface area (Å²) in [6.07, 6.45) is 0.799. The SMILES string of the molecule is CCCNS(=O)(=O)c1cc(C)c(CNC)s1. The Morgan fingerprint density at radius 3 is 2.69 bits per heavy atom. The molecule has 0 saturated heterocycles. The first-order valence-electron chi connectivity index (χ1n) is 5.24. The maximum atomic E-state index is 11.8. The van der Waals surface area contributed by atoms with Gasteiger partial charge in [-0.3, -0.25) is 0 Å². The van der Waals surface area contributed by atoms with Crippen molar-refractivity contribution in [1.29, 1.82) is 0 Å². The standard InChI is InChI=1S/C10H18N2O2S2/c1-4-5-12-16(13,14)10-6-8(2)9(15-10)7-11-3/h6,11-12H,4-5,7H2,1-3H3. The van der Waals surface area contributed by atoms with Crippen LogP contribution in [0.5, 0.6) is 0 Å². The molecule has 0 fully saturated rings. The fourth-order valence-corrected chi connectivity index (χ4v) is 4.04. The third kappa shape index (κ3) is 3.28. The molecule has 1 heterocycles. The lowest BCUT2D eigenvalue weighted by molar-refractivity contribution is 0.583. The molecule has 0 unspecified atom stereocenters. The van der Waals surface area contributed by atoms with E-state index in [2.05, 4.69) is 10.0 Å². The molecule has 0 bridgehead atoms. The van der Waals surface area contributed by atoms with E-state index in [9.17, 15) is 8.42 Å². The Balaban J connectivity index is 2.91. The number of thiophene rings is 1. The Bertz CT molecular complexity index is 438. The molecule has 16 heavy (non-hydrogen) atoms. The average Bonchev–Trinajstić information content (AvgIpc) is 2.59. The number of hydrogen-bond acceptors (Lipinski definition) is 4.